The molecule has 1 heterocycles. The lowest BCUT2D eigenvalue weighted by Crippen LogP contribution is -2.26. The van der Waals surface area contributed by atoms with Crippen molar-refractivity contribution in [2.45, 2.75) is 24.7 Å². The Hall–Kier alpha value is -1.42. The highest BCUT2D eigenvalue weighted by Gasteiger charge is 2.18. The van der Waals surface area contributed by atoms with E-state index in [1.54, 1.807) is 13.0 Å². The predicted octanol–water partition coefficient (Wildman–Crippen LogP) is 1.14. The van der Waals surface area contributed by atoms with Gasteiger partial charge in [0.2, 0.25) is 10.0 Å². The first-order valence-corrected chi connectivity index (χ1v) is 8.22. The highest BCUT2D eigenvalue weighted by atomic mass is 32.2. The van der Waals surface area contributed by atoms with Crippen LogP contribution in [0.2, 0.25) is 0 Å². The number of rotatable bonds is 5. The van der Waals surface area contributed by atoms with Crippen molar-refractivity contribution in [3.8, 4) is 6.07 Å². The van der Waals surface area contributed by atoms with Crippen LogP contribution in [0.4, 0.5) is 0 Å². The average molecular weight is 293 g/mol. The molecule has 5 nitrogen and oxygen atoms in total. The largest absolute Gasteiger partial charge is 0.316 e. The summed E-state index contributed by atoms with van der Waals surface area (Å²) >= 11 is 0. The smallest absolute Gasteiger partial charge is 0.240 e. The Morgan fingerprint density at radius 1 is 1.50 bits per heavy atom. The molecule has 0 saturated carbocycles. The Balaban J connectivity index is 1.99. The summed E-state index contributed by atoms with van der Waals surface area (Å²) in [6.07, 6.45) is 1.96. The predicted molar refractivity (Wildman–Crippen MR) is 76.7 cm³/mol. The van der Waals surface area contributed by atoms with E-state index in [9.17, 15) is 8.42 Å². The van der Waals surface area contributed by atoms with Crippen LogP contribution in [0.5, 0.6) is 0 Å². The Morgan fingerprint density at radius 3 is 2.90 bits per heavy atom. The van der Waals surface area contributed by atoms with Crippen LogP contribution in [0.25, 0.3) is 0 Å². The molecule has 1 aromatic carbocycles. The van der Waals surface area contributed by atoms with Crippen molar-refractivity contribution in [1.82, 2.24) is 10.0 Å². The van der Waals surface area contributed by atoms with Gasteiger partial charge in [0.25, 0.3) is 0 Å². The molecule has 20 heavy (non-hydrogen) atoms. The Morgan fingerprint density at radius 2 is 2.30 bits per heavy atom. The van der Waals surface area contributed by atoms with E-state index < -0.39 is 10.0 Å². The third-order valence-electron chi connectivity index (χ3n) is 3.64. The van der Waals surface area contributed by atoms with Gasteiger partial charge in [-0.15, -0.1) is 0 Å². The van der Waals surface area contributed by atoms with Gasteiger partial charge < -0.3 is 5.32 Å². The van der Waals surface area contributed by atoms with Gasteiger partial charge in [0.05, 0.1) is 16.5 Å². The highest BCUT2D eigenvalue weighted by Crippen LogP contribution is 2.16. The highest BCUT2D eigenvalue weighted by molar-refractivity contribution is 7.89. The summed E-state index contributed by atoms with van der Waals surface area (Å²) in [6, 6.07) is 6.60. The maximum Gasteiger partial charge on any atom is 0.240 e. The first-order chi connectivity index (χ1) is 9.53. The van der Waals surface area contributed by atoms with Crippen molar-refractivity contribution in [2.75, 3.05) is 19.6 Å². The zero-order valence-electron chi connectivity index (χ0n) is 11.5. The van der Waals surface area contributed by atoms with E-state index in [1.807, 2.05) is 6.07 Å². The molecule has 0 aliphatic carbocycles. The molecule has 0 aromatic heterocycles. The first kappa shape index (κ1) is 15.0. The van der Waals surface area contributed by atoms with Crippen molar-refractivity contribution in [1.29, 1.82) is 5.26 Å². The normalized spacial score (nSPS) is 18.9. The fourth-order valence-corrected chi connectivity index (χ4v) is 3.50. The Labute approximate surface area is 120 Å². The summed E-state index contributed by atoms with van der Waals surface area (Å²) in [6.45, 7) is 4.18. The minimum Gasteiger partial charge on any atom is -0.316 e. The van der Waals surface area contributed by atoms with E-state index in [0.29, 0.717) is 23.6 Å². The average Bonchev–Trinajstić information content (AvgIpc) is 2.91. The molecular weight excluding hydrogens is 274 g/mol. The van der Waals surface area contributed by atoms with Gasteiger partial charge in [0.15, 0.2) is 0 Å². The van der Waals surface area contributed by atoms with Crippen LogP contribution in [0.15, 0.2) is 23.1 Å². The summed E-state index contributed by atoms with van der Waals surface area (Å²) in [5, 5.41) is 12.1. The zero-order valence-corrected chi connectivity index (χ0v) is 12.3. The molecule has 1 saturated heterocycles. The second kappa shape index (κ2) is 6.35. The van der Waals surface area contributed by atoms with Crippen LogP contribution < -0.4 is 10.0 Å². The SMILES string of the molecule is Cc1cc(S(=O)(=O)NCCC2CCNC2)ccc1C#N. The number of nitriles is 1. The van der Waals surface area contributed by atoms with Crippen molar-refractivity contribution >= 4 is 10.0 Å². The van der Waals surface area contributed by atoms with E-state index in [2.05, 4.69) is 10.0 Å². The molecule has 1 unspecified atom stereocenters. The first-order valence-electron chi connectivity index (χ1n) is 6.74. The minimum absolute atomic E-state index is 0.221. The van der Waals surface area contributed by atoms with Gasteiger partial charge >= 0.3 is 0 Å². The summed E-state index contributed by atoms with van der Waals surface area (Å²) in [5.74, 6) is 0.556. The van der Waals surface area contributed by atoms with Crippen molar-refractivity contribution in [3.63, 3.8) is 0 Å². The topological polar surface area (TPSA) is 82.0 Å². The van der Waals surface area contributed by atoms with Gasteiger partial charge in [-0.2, -0.15) is 5.26 Å². The number of nitrogens with zero attached hydrogens (tertiary/aromatic N) is 1. The molecule has 1 aliphatic heterocycles. The lowest BCUT2D eigenvalue weighted by Gasteiger charge is -2.10. The van der Waals surface area contributed by atoms with Crippen LogP contribution in [0, 0.1) is 24.2 Å². The quantitative estimate of drug-likeness (QED) is 0.853. The van der Waals surface area contributed by atoms with Crippen LogP contribution in [-0.4, -0.2) is 28.1 Å². The molecule has 1 aliphatic rings. The van der Waals surface area contributed by atoms with E-state index >= 15 is 0 Å². The fourth-order valence-electron chi connectivity index (χ4n) is 2.37. The van der Waals surface area contributed by atoms with Gasteiger partial charge in [-0.3, -0.25) is 0 Å². The summed E-state index contributed by atoms with van der Waals surface area (Å²) in [4.78, 5) is 0.221. The number of benzene rings is 1. The number of sulfonamides is 1. The molecule has 0 spiro atoms. The lowest BCUT2D eigenvalue weighted by molar-refractivity contribution is 0.519. The molecule has 0 radical (unpaired) electrons. The molecular formula is C14H19N3O2S. The molecule has 6 heteroatoms. The minimum atomic E-state index is -3.48. The van der Waals surface area contributed by atoms with Gasteiger partial charge in [-0.1, -0.05) is 0 Å². The standard InChI is InChI=1S/C14H19N3O2S/c1-11-8-14(3-2-13(11)9-15)20(18,19)17-7-5-12-4-6-16-10-12/h2-3,8,12,16-17H,4-7,10H2,1H3. The Bertz CT molecular complexity index is 614. The van der Waals surface area contributed by atoms with Gasteiger partial charge in [0.1, 0.15) is 0 Å². The number of nitrogens with one attached hydrogen (secondary N) is 2. The monoisotopic (exact) mass is 293 g/mol. The fraction of sp³-hybridized carbons (Fsp3) is 0.500. The van der Waals surface area contributed by atoms with Crippen LogP contribution in [0.1, 0.15) is 24.0 Å². The number of aryl methyl sites for hydroxylation is 1. The van der Waals surface area contributed by atoms with E-state index in [0.717, 1.165) is 25.9 Å². The number of hydrogen-bond acceptors (Lipinski definition) is 4. The molecule has 1 aromatic rings. The zero-order chi connectivity index (χ0) is 14.6. The maximum atomic E-state index is 12.1. The molecule has 0 amide bonds. The molecule has 1 atom stereocenters. The molecule has 0 bridgehead atoms. The third-order valence-corrected chi connectivity index (χ3v) is 5.09. The molecule has 1 fully saturated rings. The van der Waals surface area contributed by atoms with Crippen LogP contribution in [-0.2, 0) is 10.0 Å². The second-order valence-corrected chi connectivity index (χ2v) is 6.90. The number of hydrogen-bond donors (Lipinski definition) is 2. The second-order valence-electron chi connectivity index (χ2n) is 5.13. The van der Waals surface area contributed by atoms with E-state index in [1.165, 1.54) is 12.1 Å². The van der Waals surface area contributed by atoms with Crippen LogP contribution >= 0.6 is 0 Å². The lowest BCUT2D eigenvalue weighted by atomic mass is 10.1. The third kappa shape index (κ3) is 3.57. The van der Waals surface area contributed by atoms with Crippen molar-refractivity contribution in [3.05, 3.63) is 29.3 Å². The van der Waals surface area contributed by atoms with E-state index in [4.69, 9.17) is 5.26 Å². The van der Waals surface area contributed by atoms with Gasteiger partial charge in [-0.05, 0) is 62.5 Å². The van der Waals surface area contributed by atoms with Crippen molar-refractivity contribution < 1.29 is 8.42 Å². The Kier molecular flexibility index (Phi) is 4.76. The summed E-state index contributed by atoms with van der Waals surface area (Å²) < 4.78 is 26.9. The molecule has 108 valence electrons. The van der Waals surface area contributed by atoms with E-state index in [-0.39, 0.29) is 4.90 Å². The molecule has 2 N–H and O–H groups in total. The molecule has 2 rings (SSSR count). The van der Waals surface area contributed by atoms with Crippen LogP contribution in [0.3, 0.4) is 0 Å². The maximum absolute atomic E-state index is 12.1. The summed E-state index contributed by atoms with van der Waals surface area (Å²) in [7, 11) is -3.48. The summed E-state index contributed by atoms with van der Waals surface area (Å²) in [5.41, 5.74) is 1.18. The van der Waals surface area contributed by atoms with Gasteiger partial charge in [0, 0.05) is 6.54 Å². The van der Waals surface area contributed by atoms with Gasteiger partial charge in [-0.25, -0.2) is 13.1 Å². The van der Waals surface area contributed by atoms with Crippen molar-refractivity contribution in [2.24, 2.45) is 5.92 Å².